The van der Waals surface area contributed by atoms with E-state index in [9.17, 15) is 8.42 Å². The van der Waals surface area contributed by atoms with Gasteiger partial charge in [0, 0.05) is 4.47 Å². The normalized spacial score (nSPS) is 11.4. The topological polar surface area (TPSA) is 43.4 Å². The van der Waals surface area contributed by atoms with Crippen molar-refractivity contribution in [3.63, 3.8) is 0 Å². The first-order chi connectivity index (χ1) is 9.08. The molecule has 2 aromatic rings. The lowest BCUT2D eigenvalue weighted by Crippen LogP contribution is -2.09. The molecule has 2 rings (SSSR count). The molecule has 0 saturated carbocycles. The lowest BCUT2D eigenvalue weighted by molar-refractivity contribution is 0.322. The molecule has 0 amide bonds. The maximum atomic E-state index is 11.9. The first-order valence-corrected chi connectivity index (χ1v) is 7.97. The van der Waals surface area contributed by atoms with Crippen LogP contribution in [-0.2, 0) is 20.7 Å². The Hall–Kier alpha value is -1.17. The summed E-state index contributed by atoms with van der Waals surface area (Å²) in [6, 6.07) is 16.0. The average molecular weight is 341 g/mol. The van der Waals surface area contributed by atoms with E-state index in [-0.39, 0.29) is 11.5 Å². The highest BCUT2D eigenvalue weighted by Crippen LogP contribution is 2.16. The fourth-order valence-corrected chi connectivity index (χ4v) is 2.76. The molecule has 5 heteroatoms. The van der Waals surface area contributed by atoms with Crippen LogP contribution < -0.4 is 0 Å². The van der Waals surface area contributed by atoms with Crippen molar-refractivity contribution in [3.8, 4) is 0 Å². The molecule has 0 aliphatic heterocycles. The molecular weight excluding hydrogens is 328 g/mol. The Morgan fingerprint density at radius 1 is 0.947 bits per heavy atom. The molecule has 0 heterocycles. The standard InChI is InChI=1S/C14H13BrO3S/c15-13-6-8-14(9-7-13)19(16,17)18-11-10-12-4-2-1-3-5-12/h1-9H,10-11H2. The van der Waals surface area contributed by atoms with E-state index in [1.54, 1.807) is 12.1 Å². The third-order valence-corrected chi connectivity index (χ3v) is 4.43. The van der Waals surface area contributed by atoms with E-state index in [0.29, 0.717) is 6.42 Å². The number of rotatable bonds is 5. The Morgan fingerprint density at radius 3 is 2.21 bits per heavy atom. The second kappa shape index (κ2) is 6.32. The molecule has 100 valence electrons. The zero-order valence-corrected chi connectivity index (χ0v) is 12.5. The van der Waals surface area contributed by atoms with Crippen molar-refractivity contribution in [1.82, 2.24) is 0 Å². The van der Waals surface area contributed by atoms with Crippen LogP contribution in [0.4, 0.5) is 0 Å². The molecule has 0 spiro atoms. The molecule has 0 aliphatic carbocycles. The Morgan fingerprint density at radius 2 is 1.58 bits per heavy atom. The first kappa shape index (κ1) is 14.2. The van der Waals surface area contributed by atoms with Crippen LogP contribution in [-0.4, -0.2) is 15.0 Å². The fraction of sp³-hybridized carbons (Fsp3) is 0.143. The van der Waals surface area contributed by atoms with E-state index in [1.807, 2.05) is 30.3 Å². The van der Waals surface area contributed by atoms with E-state index >= 15 is 0 Å². The van der Waals surface area contributed by atoms with Crippen molar-refractivity contribution < 1.29 is 12.6 Å². The van der Waals surface area contributed by atoms with Gasteiger partial charge in [0.25, 0.3) is 10.1 Å². The van der Waals surface area contributed by atoms with Gasteiger partial charge in [-0.3, -0.25) is 4.18 Å². The molecule has 0 aromatic heterocycles. The van der Waals surface area contributed by atoms with Crippen molar-refractivity contribution in [2.75, 3.05) is 6.61 Å². The highest BCUT2D eigenvalue weighted by Gasteiger charge is 2.14. The fourth-order valence-electron chi connectivity index (χ4n) is 1.58. The maximum Gasteiger partial charge on any atom is 0.296 e. The van der Waals surface area contributed by atoms with Gasteiger partial charge in [-0.15, -0.1) is 0 Å². The van der Waals surface area contributed by atoms with Crippen LogP contribution in [0.15, 0.2) is 64.0 Å². The summed E-state index contributed by atoms with van der Waals surface area (Å²) in [6.07, 6.45) is 0.566. The quantitative estimate of drug-likeness (QED) is 0.783. The summed E-state index contributed by atoms with van der Waals surface area (Å²) < 4.78 is 29.6. The minimum atomic E-state index is -3.67. The summed E-state index contributed by atoms with van der Waals surface area (Å²) in [5, 5.41) is 0. The number of hydrogen-bond acceptors (Lipinski definition) is 3. The van der Waals surface area contributed by atoms with Gasteiger partial charge >= 0.3 is 0 Å². The Bertz CT molecular complexity index is 622. The molecule has 3 nitrogen and oxygen atoms in total. The van der Waals surface area contributed by atoms with Gasteiger partial charge in [-0.25, -0.2) is 0 Å². The van der Waals surface area contributed by atoms with Gasteiger partial charge in [0.05, 0.1) is 11.5 Å². The molecular formula is C14H13BrO3S. The Balaban J connectivity index is 1.97. The van der Waals surface area contributed by atoms with Gasteiger partial charge in [0.15, 0.2) is 0 Å². The molecule has 0 atom stereocenters. The van der Waals surface area contributed by atoms with Gasteiger partial charge in [-0.1, -0.05) is 46.3 Å². The molecule has 0 bridgehead atoms. The van der Waals surface area contributed by atoms with Crippen LogP contribution >= 0.6 is 15.9 Å². The largest absolute Gasteiger partial charge is 0.296 e. The van der Waals surface area contributed by atoms with E-state index in [1.165, 1.54) is 12.1 Å². The number of halogens is 1. The lowest BCUT2D eigenvalue weighted by atomic mass is 10.2. The van der Waals surface area contributed by atoms with Crippen LogP contribution in [0.3, 0.4) is 0 Å². The molecule has 0 N–H and O–H groups in total. The maximum absolute atomic E-state index is 11.9. The third-order valence-electron chi connectivity index (χ3n) is 2.57. The minimum Gasteiger partial charge on any atom is -0.266 e. The second-order valence-electron chi connectivity index (χ2n) is 3.97. The third kappa shape index (κ3) is 4.16. The summed E-state index contributed by atoms with van der Waals surface area (Å²) in [6.45, 7) is 0.141. The molecule has 0 saturated heterocycles. The number of hydrogen-bond donors (Lipinski definition) is 0. The van der Waals surface area contributed by atoms with Gasteiger partial charge in [0.1, 0.15) is 0 Å². The van der Waals surface area contributed by atoms with Crippen molar-refractivity contribution in [3.05, 3.63) is 64.6 Å². The first-order valence-electron chi connectivity index (χ1n) is 5.77. The molecule has 0 radical (unpaired) electrons. The van der Waals surface area contributed by atoms with Gasteiger partial charge < -0.3 is 0 Å². The predicted molar refractivity (Wildman–Crippen MR) is 77.4 cm³/mol. The molecule has 0 unspecified atom stereocenters. The highest BCUT2D eigenvalue weighted by molar-refractivity contribution is 9.10. The Kier molecular flexibility index (Phi) is 4.74. The second-order valence-corrected chi connectivity index (χ2v) is 6.50. The summed E-state index contributed by atoms with van der Waals surface area (Å²) in [7, 11) is -3.67. The van der Waals surface area contributed by atoms with Gasteiger partial charge in [0.2, 0.25) is 0 Å². The Labute approximate surface area is 121 Å². The van der Waals surface area contributed by atoms with Crippen molar-refractivity contribution in [1.29, 1.82) is 0 Å². The predicted octanol–water partition coefficient (Wildman–Crippen LogP) is 3.40. The zero-order valence-electron chi connectivity index (χ0n) is 10.1. The van der Waals surface area contributed by atoms with E-state index in [4.69, 9.17) is 4.18 Å². The lowest BCUT2D eigenvalue weighted by Gasteiger charge is -2.05. The van der Waals surface area contributed by atoms with Crippen LogP contribution in [0.1, 0.15) is 5.56 Å². The van der Waals surface area contributed by atoms with Crippen molar-refractivity contribution >= 4 is 26.0 Å². The van der Waals surface area contributed by atoms with Gasteiger partial charge in [-0.05, 0) is 36.2 Å². The summed E-state index contributed by atoms with van der Waals surface area (Å²) in [5.74, 6) is 0. The molecule has 2 aromatic carbocycles. The smallest absolute Gasteiger partial charge is 0.266 e. The van der Waals surface area contributed by atoms with E-state index in [0.717, 1.165) is 10.0 Å². The summed E-state index contributed by atoms with van der Waals surface area (Å²) in [5.41, 5.74) is 1.05. The molecule has 0 aliphatic rings. The van der Waals surface area contributed by atoms with Crippen LogP contribution in [0, 0.1) is 0 Å². The zero-order chi connectivity index (χ0) is 13.7. The summed E-state index contributed by atoms with van der Waals surface area (Å²) >= 11 is 3.26. The summed E-state index contributed by atoms with van der Waals surface area (Å²) in [4.78, 5) is 0.170. The average Bonchev–Trinajstić information content (AvgIpc) is 2.40. The van der Waals surface area contributed by atoms with Gasteiger partial charge in [-0.2, -0.15) is 8.42 Å². The monoisotopic (exact) mass is 340 g/mol. The van der Waals surface area contributed by atoms with Crippen LogP contribution in [0.2, 0.25) is 0 Å². The van der Waals surface area contributed by atoms with Crippen molar-refractivity contribution in [2.24, 2.45) is 0 Å². The van der Waals surface area contributed by atoms with Crippen molar-refractivity contribution in [2.45, 2.75) is 11.3 Å². The molecule has 19 heavy (non-hydrogen) atoms. The number of benzene rings is 2. The highest BCUT2D eigenvalue weighted by atomic mass is 79.9. The van der Waals surface area contributed by atoms with Crippen LogP contribution in [0.25, 0.3) is 0 Å². The molecule has 0 fully saturated rings. The van der Waals surface area contributed by atoms with E-state index in [2.05, 4.69) is 15.9 Å². The minimum absolute atomic E-state index is 0.141. The van der Waals surface area contributed by atoms with E-state index < -0.39 is 10.1 Å². The SMILES string of the molecule is O=S(=O)(OCCc1ccccc1)c1ccc(Br)cc1. The van der Waals surface area contributed by atoms with Crippen LogP contribution in [0.5, 0.6) is 0 Å².